The molecule has 2 nitrogen and oxygen atoms in total. The molecule has 2 N–H and O–H groups in total. The molecule has 1 rings (SSSR count). The Bertz CT molecular complexity index is 331. The predicted octanol–water partition coefficient (Wildman–Crippen LogP) is 2.83. The summed E-state index contributed by atoms with van der Waals surface area (Å²) in [5.74, 6) is 0.113. The zero-order valence-corrected chi connectivity index (χ0v) is 9.37. The summed E-state index contributed by atoms with van der Waals surface area (Å²) in [7, 11) is 0. The summed E-state index contributed by atoms with van der Waals surface area (Å²) < 4.78 is 36.4. The van der Waals surface area contributed by atoms with Gasteiger partial charge in [-0.05, 0) is 5.92 Å². The second-order valence-electron chi connectivity index (χ2n) is 3.57. The Balaban J connectivity index is 2.93. The second-order valence-corrected chi connectivity index (χ2v) is 4.73. The van der Waals surface area contributed by atoms with Crippen LogP contribution >= 0.6 is 11.3 Å². The minimum absolute atomic E-state index is 0.103. The van der Waals surface area contributed by atoms with E-state index < -0.39 is 12.6 Å². The van der Waals surface area contributed by atoms with Gasteiger partial charge >= 0.3 is 6.18 Å². The first-order valence-electron chi connectivity index (χ1n) is 4.58. The van der Waals surface area contributed by atoms with Crippen molar-refractivity contribution < 1.29 is 13.2 Å². The highest BCUT2D eigenvalue weighted by atomic mass is 32.1. The smallest absolute Gasteiger partial charge is 0.326 e. The van der Waals surface area contributed by atoms with E-state index in [1.807, 2.05) is 13.8 Å². The fourth-order valence-corrected chi connectivity index (χ4v) is 2.39. The molecular weight excluding hydrogens is 225 g/mol. The van der Waals surface area contributed by atoms with Crippen LogP contribution in [0.15, 0.2) is 0 Å². The van der Waals surface area contributed by atoms with Crippen LogP contribution in [-0.4, -0.2) is 11.2 Å². The molecule has 0 atom stereocenters. The van der Waals surface area contributed by atoms with Gasteiger partial charge in [0.05, 0.1) is 12.1 Å². The van der Waals surface area contributed by atoms with E-state index in [2.05, 4.69) is 4.98 Å². The Kier molecular flexibility index (Phi) is 3.72. The highest BCUT2D eigenvalue weighted by Crippen LogP contribution is 2.29. The summed E-state index contributed by atoms with van der Waals surface area (Å²) in [6.45, 7) is 4.04. The van der Waals surface area contributed by atoms with Gasteiger partial charge in [-0.2, -0.15) is 13.2 Å². The minimum atomic E-state index is -4.20. The van der Waals surface area contributed by atoms with E-state index in [-0.39, 0.29) is 17.5 Å². The monoisotopic (exact) mass is 238 g/mol. The summed E-state index contributed by atoms with van der Waals surface area (Å²) in [6, 6.07) is 0. The average molecular weight is 238 g/mol. The van der Waals surface area contributed by atoms with E-state index in [4.69, 9.17) is 5.73 Å². The molecule has 86 valence electrons. The van der Waals surface area contributed by atoms with Gasteiger partial charge in [0.25, 0.3) is 0 Å². The van der Waals surface area contributed by atoms with Crippen LogP contribution < -0.4 is 5.73 Å². The van der Waals surface area contributed by atoms with Crippen molar-refractivity contribution in [1.82, 2.24) is 4.98 Å². The van der Waals surface area contributed by atoms with Gasteiger partial charge in [0.1, 0.15) is 5.01 Å². The number of nitrogens with zero attached hydrogens (tertiary/aromatic N) is 1. The molecule has 0 bridgehead atoms. The van der Waals surface area contributed by atoms with Crippen molar-refractivity contribution in [2.24, 2.45) is 5.73 Å². The van der Waals surface area contributed by atoms with Crippen molar-refractivity contribution in [3.8, 4) is 0 Å². The van der Waals surface area contributed by atoms with Gasteiger partial charge in [0.2, 0.25) is 0 Å². The fourth-order valence-electron chi connectivity index (χ4n) is 1.26. The summed E-state index contributed by atoms with van der Waals surface area (Å²) in [5.41, 5.74) is 6.15. The molecule has 1 aromatic rings. The molecule has 0 spiro atoms. The largest absolute Gasteiger partial charge is 0.395 e. The number of halogens is 3. The Morgan fingerprint density at radius 1 is 1.40 bits per heavy atom. The van der Waals surface area contributed by atoms with Crippen LogP contribution in [-0.2, 0) is 13.0 Å². The number of hydrogen-bond acceptors (Lipinski definition) is 3. The third kappa shape index (κ3) is 3.46. The number of nitrogens with two attached hydrogens (primary N) is 1. The molecule has 0 fully saturated rings. The molecule has 0 aliphatic carbocycles. The van der Waals surface area contributed by atoms with Crippen molar-refractivity contribution in [1.29, 1.82) is 0 Å². The van der Waals surface area contributed by atoms with Crippen LogP contribution in [0.25, 0.3) is 0 Å². The lowest BCUT2D eigenvalue weighted by atomic mass is 10.1. The summed E-state index contributed by atoms with van der Waals surface area (Å²) >= 11 is 1.06. The van der Waals surface area contributed by atoms with E-state index in [9.17, 15) is 13.2 Å². The third-order valence-electron chi connectivity index (χ3n) is 1.86. The van der Waals surface area contributed by atoms with E-state index in [0.29, 0.717) is 5.69 Å². The molecule has 0 amide bonds. The van der Waals surface area contributed by atoms with Crippen molar-refractivity contribution in [2.45, 2.75) is 38.9 Å². The van der Waals surface area contributed by atoms with Crippen molar-refractivity contribution in [3.63, 3.8) is 0 Å². The molecular formula is C9H13F3N2S. The maximum atomic E-state index is 12.1. The van der Waals surface area contributed by atoms with Gasteiger partial charge < -0.3 is 5.73 Å². The van der Waals surface area contributed by atoms with Gasteiger partial charge in [-0.25, -0.2) is 4.98 Å². The summed E-state index contributed by atoms with van der Waals surface area (Å²) in [4.78, 5) is 4.74. The Labute approximate surface area is 90.3 Å². The zero-order valence-electron chi connectivity index (χ0n) is 8.56. The normalized spacial score (nSPS) is 12.5. The Morgan fingerprint density at radius 3 is 2.33 bits per heavy atom. The molecule has 0 aliphatic rings. The van der Waals surface area contributed by atoms with Crippen LogP contribution in [0.3, 0.4) is 0 Å². The van der Waals surface area contributed by atoms with Crippen molar-refractivity contribution >= 4 is 11.3 Å². The van der Waals surface area contributed by atoms with Gasteiger partial charge in [-0.3, -0.25) is 0 Å². The number of thiazole rings is 1. The molecule has 6 heteroatoms. The zero-order chi connectivity index (χ0) is 11.6. The van der Waals surface area contributed by atoms with Crippen molar-refractivity contribution in [3.05, 3.63) is 15.6 Å². The number of alkyl halides is 3. The van der Waals surface area contributed by atoms with Gasteiger partial charge in [-0.1, -0.05) is 13.8 Å². The standard InChI is InChI=1S/C9H13F3N2S/c1-5(2)8-6(4-13)15-7(14-8)3-9(10,11)12/h5H,3-4,13H2,1-2H3. The number of aromatic nitrogens is 1. The van der Waals surface area contributed by atoms with Crippen LogP contribution in [0.4, 0.5) is 13.2 Å². The van der Waals surface area contributed by atoms with E-state index in [1.54, 1.807) is 0 Å². The average Bonchev–Trinajstić information content (AvgIpc) is 2.44. The molecule has 0 aromatic carbocycles. The van der Waals surface area contributed by atoms with Gasteiger partial charge in [0.15, 0.2) is 0 Å². The molecule has 1 aromatic heterocycles. The lowest BCUT2D eigenvalue weighted by molar-refractivity contribution is -0.127. The first-order valence-corrected chi connectivity index (χ1v) is 5.40. The summed E-state index contributed by atoms with van der Waals surface area (Å²) in [6.07, 6.45) is -5.16. The number of rotatable bonds is 3. The molecule has 0 aliphatic heterocycles. The molecule has 1 heterocycles. The topological polar surface area (TPSA) is 38.9 Å². The lowest BCUT2D eigenvalue weighted by Crippen LogP contribution is -2.11. The van der Waals surface area contributed by atoms with E-state index >= 15 is 0 Å². The van der Waals surface area contributed by atoms with Crippen LogP contribution in [0.2, 0.25) is 0 Å². The minimum Gasteiger partial charge on any atom is -0.326 e. The van der Waals surface area contributed by atoms with E-state index in [0.717, 1.165) is 16.2 Å². The van der Waals surface area contributed by atoms with E-state index in [1.165, 1.54) is 0 Å². The Morgan fingerprint density at radius 2 is 2.00 bits per heavy atom. The Hall–Kier alpha value is -0.620. The van der Waals surface area contributed by atoms with Gasteiger partial charge in [-0.15, -0.1) is 11.3 Å². The second kappa shape index (κ2) is 4.49. The molecule has 0 saturated carbocycles. The highest BCUT2D eigenvalue weighted by molar-refractivity contribution is 7.11. The maximum Gasteiger partial charge on any atom is 0.395 e. The lowest BCUT2D eigenvalue weighted by Gasteiger charge is -2.02. The van der Waals surface area contributed by atoms with Crippen molar-refractivity contribution in [2.75, 3.05) is 0 Å². The molecule has 0 saturated heterocycles. The fraction of sp³-hybridized carbons (Fsp3) is 0.667. The van der Waals surface area contributed by atoms with Gasteiger partial charge in [0, 0.05) is 11.4 Å². The SMILES string of the molecule is CC(C)c1nc(CC(F)(F)F)sc1CN. The molecule has 0 unspecified atom stereocenters. The maximum absolute atomic E-state index is 12.1. The third-order valence-corrected chi connectivity index (χ3v) is 2.95. The molecule has 0 radical (unpaired) electrons. The predicted molar refractivity (Wildman–Crippen MR) is 53.9 cm³/mol. The first-order chi connectivity index (χ1) is 6.83. The van der Waals surface area contributed by atoms with Crippen LogP contribution in [0, 0.1) is 0 Å². The van der Waals surface area contributed by atoms with Crippen LogP contribution in [0.1, 0.15) is 35.3 Å². The first kappa shape index (κ1) is 12.4. The van der Waals surface area contributed by atoms with Crippen LogP contribution in [0.5, 0.6) is 0 Å². The summed E-state index contributed by atoms with van der Waals surface area (Å²) in [5, 5.41) is 0.103. The number of hydrogen-bond donors (Lipinski definition) is 1. The molecule has 15 heavy (non-hydrogen) atoms. The quantitative estimate of drug-likeness (QED) is 0.879. The highest BCUT2D eigenvalue weighted by Gasteiger charge is 2.30.